The van der Waals surface area contributed by atoms with E-state index in [9.17, 15) is 4.79 Å². The molecule has 0 aromatic heterocycles. The average molecular weight is 289 g/mol. The molecule has 0 spiro atoms. The van der Waals surface area contributed by atoms with Gasteiger partial charge in [0.05, 0.1) is 5.71 Å². The van der Waals surface area contributed by atoms with Gasteiger partial charge in [-0.1, -0.05) is 36.4 Å². The number of rotatable bonds is 3. The van der Waals surface area contributed by atoms with Crippen LogP contribution in [-0.2, 0) is 4.79 Å². The summed E-state index contributed by atoms with van der Waals surface area (Å²) in [4.78, 5) is 23.0. The maximum atomic E-state index is 11.9. The predicted molar refractivity (Wildman–Crippen MR) is 84.4 cm³/mol. The molecular formula is C15H19N3OS. The van der Waals surface area contributed by atoms with Crippen LogP contribution in [0.25, 0.3) is 0 Å². The van der Waals surface area contributed by atoms with E-state index in [1.165, 1.54) is 32.4 Å². The first kappa shape index (κ1) is 13.8. The maximum absolute atomic E-state index is 11.9. The molecule has 4 nitrogen and oxygen atoms in total. The van der Waals surface area contributed by atoms with E-state index in [0.717, 1.165) is 18.0 Å². The summed E-state index contributed by atoms with van der Waals surface area (Å²) in [5.41, 5.74) is 0.827. The van der Waals surface area contributed by atoms with Crippen LogP contribution in [0.4, 0.5) is 0 Å². The van der Waals surface area contributed by atoms with E-state index >= 15 is 0 Å². The zero-order valence-electron chi connectivity index (χ0n) is 11.5. The minimum atomic E-state index is -0.258. The smallest absolute Gasteiger partial charge is 0.261 e. The van der Waals surface area contributed by atoms with Gasteiger partial charge in [-0.3, -0.25) is 4.79 Å². The second kappa shape index (κ2) is 6.50. The summed E-state index contributed by atoms with van der Waals surface area (Å²) in [5.74, 6) is 0.607. The van der Waals surface area contributed by atoms with Crippen LogP contribution in [0.15, 0.2) is 34.3 Å². The molecular weight excluding hydrogens is 270 g/mol. The third kappa shape index (κ3) is 3.27. The molecule has 0 bridgehead atoms. The molecule has 0 radical (unpaired) electrons. The molecule has 0 aromatic carbocycles. The Morgan fingerprint density at radius 2 is 2.05 bits per heavy atom. The fraction of sp³-hybridized carbons (Fsp3) is 0.533. The van der Waals surface area contributed by atoms with Crippen LogP contribution in [0.5, 0.6) is 0 Å². The number of hydrogen-bond donors (Lipinski definition) is 0. The molecule has 1 unspecified atom stereocenters. The monoisotopic (exact) mass is 289 g/mol. The first-order valence-electron chi connectivity index (χ1n) is 7.24. The summed E-state index contributed by atoms with van der Waals surface area (Å²) in [5, 5.41) is 0.623. The van der Waals surface area contributed by atoms with Crippen molar-refractivity contribution < 1.29 is 4.79 Å². The number of fused-ring (bicyclic) bond motifs is 1. The average Bonchev–Trinajstić information content (AvgIpc) is 2.48. The number of allylic oxidation sites excluding steroid dienone is 3. The number of nitrogens with zero attached hydrogens (tertiary/aromatic N) is 3. The number of thioether (sulfide) groups is 1. The van der Waals surface area contributed by atoms with Gasteiger partial charge >= 0.3 is 0 Å². The Kier molecular flexibility index (Phi) is 4.47. The summed E-state index contributed by atoms with van der Waals surface area (Å²) < 4.78 is 0. The number of piperidine rings is 1. The standard InChI is InChI=1S/C15H19N3OS/c19-14-12-6-2-3-7-13(12)16-15(17-14)20-11-10-18-8-4-1-5-9-18/h2-3,6-7,12H,1,4-5,8-11H2. The Morgan fingerprint density at radius 1 is 1.20 bits per heavy atom. The lowest BCUT2D eigenvalue weighted by Crippen LogP contribution is -2.32. The van der Waals surface area contributed by atoms with Gasteiger partial charge in [-0.05, 0) is 32.0 Å². The molecule has 2 aliphatic heterocycles. The highest BCUT2D eigenvalue weighted by Gasteiger charge is 2.26. The molecule has 0 saturated carbocycles. The molecule has 5 heteroatoms. The maximum Gasteiger partial charge on any atom is 0.261 e. The topological polar surface area (TPSA) is 45.0 Å². The van der Waals surface area contributed by atoms with Gasteiger partial charge in [-0.15, -0.1) is 0 Å². The lowest BCUT2D eigenvalue weighted by Gasteiger charge is -2.26. The van der Waals surface area contributed by atoms with Crippen LogP contribution in [0.2, 0.25) is 0 Å². The lowest BCUT2D eigenvalue weighted by molar-refractivity contribution is -0.118. The normalized spacial score (nSPS) is 26.2. The summed E-state index contributed by atoms with van der Waals surface area (Å²) in [6.07, 6.45) is 11.5. The molecule has 2 heterocycles. The van der Waals surface area contributed by atoms with E-state index in [1.807, 2.05) is 24.3 Å². The molecule has 0 N–H and O–H groups in total. The minimum Gasteiger partial charge on any atom is -0.303 e. The lowest BCUT2D eigenvalue weighted by atomic mass is 9.97. The molecule has 1 aliphatic carbocycles. The summed E-state index contributed by atoms with van der Waals surface area (Å²) in [7, 11) is 0. The number of amides is 1. The fourth-order valence-electron chi connectivity index (χ4n) is 2.66. The molecule has 20 heavy (non-hydrogen) atoms. The minimum absolute atomic E-state index is 0.0870. The number of carbonyl (C=O) groups excluding carboxylic acids is 1. The molecule has 106 valence electrons. The van der Waals surface area contributed by atoms with E-state index < -0.39 is 0 Å². The van der Waals surface area contributed by atoms with Crippen molar-refractivity contribution in [1.29, 1.82) is 0 Å². The van der Waals surface area contributed by atoms with E-state index in [2.05, 4.69) is 14.9 Å². The van der Waals surface area contributed by atoms with E-state index in [-0.39, 0.29) is 11.8 Å². The van der Waals surface area contributed by atoms with Crippen molar-refractivity contribution in [3.8, 4) is 0 Å². The van der Waals surface area contributed by atoms with Crippen LogP contribution < -0.4 is 0 Å². The highest BCUT2D eigenvalue weighted by Crippen LogP contribution is 2.20. The fourth-order valence-corrected chi connectivity index (χ4v) is 3.52. The van der Waals surface area contributed by atoms with Crippen molar-refractivity contribution >= 4 is 28.5 Å². The van der Waals surface area contributed by atoms with Gasteiger partial charge in [0, 0.05) is 12.3 Å². The van der Waals surface area contributed by atoms with Crippen molar-refractivity contribution in [3.63, 3.8) is 0 Å². The molecule has 0 aromatic rings. The molecule has 1 saturated heterocycles. The Bertz CT molecular complexity index is 501. The van der Waals surface area contributed by atoms with E-state index in [4.69, 9.17) is 0 Å². The van der Waals surface area contributed by atoms with Gasteiger partial charge < -0.3 is 4.90 Å². The zero-order valence-corrected chi connectivity index (χ0v) is 12.3. The first-order chi connectivity index (χ1) is 9.83. The Morgan fingerprint density at radius 3 is 2.90 bits per heavy atom. The van der Waals surface area contributed by atoms with E-state index in [0.29, 0.717) is 5.17 Å². The van der Waals surface area contributed by atoms with Crippen LogP contribution in [0.3, 0.4) is 0 Å². The largest absolute Gasteiger partial charge is 0.303 e. The number of amidine groups is 1. The van der Waals surface area contributed by atoms with Crippen molar-refractivity contribution in [3.05, 3.63) is 24.3 Å². The Labute approximate surface area is 123 Å². The van der Waals surface area contributed by atoms with Gasteiger partial charge in [-0.25, -0.2) is 4.99 Å². The van der Waals surface area contributed by atoms with Gasteiger partial charge in [0.25, 0.3) is 5.91 Å². The van der Waals surface area contributed by atoms with Crippen LogP contribution in [-0.4, -0.2) is 47.1 Å². The van der Waals surface area contributed by atoms with Crippen LogP contribution in [0, 0.1) is 5.92 Å². The quantitative estimate of drug-likeness (QED) is 0.800. The third-order valence-corrected chi connectivity index (χ3v) is 4.61. The number of aliphatic imine (C=N–C) groups is 2. The third-order valence-electron chi connectivity index (χ3n) is 3.78. The predicted octanol–water partition coefficient (Wildman–Crippen LogP) is 2.28. The Balaban J connectivity index is 1.53. The Hall–Kier alpha value is -1.20. The SMILES string of the molecule is O=C1N=C(SCCN2CCCCC2)N=C2C=CC=CC12. The summed E-state index contributed by atoms with van der Waals surface area (Å²) in [6, 6.07) is 0. The van der Waals surface area contributed by atoms with Gasteiger partial charge in [0.15, 0.2) is 5.17 Å². The van der Waals surface area contributed by atoms with Gasteiger partial charge in [0.2, 0.25) is 0 Å². The zero-order chi connectivity index (χ0) is 13.8. The summed E-state index contributed by atoms with van der Waals surface area (Å²) in [6.45, 7) is 3.47. The number of carbonyl (C=O) groups is 1. The number of likely N-dealkylation sites (tertiary alicyclic amines) is 1. The second-order valence-electron chi connectivity index (χ2n) is 5.24. The molecule has 1 atom stereocenters. The van der Waals surface area contributed by atoms with Crippen molar-refractivity contribution in [1.82, 2.24) is 4.90 Å². The van der Waals surface area contributed by atoms with Crippen molar-refractivity contribution in [2.75, 3.05) is 25.4 Å². The second-order valence-corrected chi connectivity index (χ2v) is 6.30. The highest BCUT2D eigenvalue weighted by molar-refractivity contribution is 8.13. The van der Waals surface area contributed by atoms with E-state index in [1.54, 1.807) is 11.8 Å². The molecule has 3 aliphatic rings. The van der Waals surface area contributed by atoms with Gasteiger partial charge in [-0.2, -0.15) is 4.99 Å². The molecule has 3 rings (SSSR count). The van der Waals surface area contributed by atoms with Crippen molar-refractivity contribution in [2.24, 2.45) is 15.9 Å². The van der Waals surface area contributed by atoms with Gasteiger partial charge in [0.1, 0.15) is 5.92 Å². The summed E-state index contributed by atoms with van der Waals surface area (Å²) >= 11 is 1.59. The molecule has 1 amide bonds. The van der Waals surface area contributed by atoms with Crippen LogP contribution in [0.1, 0.15) is 19.3 Å². The van der Waals surface area contributed by atoms with Crippen LogP contribution >= 0.6 is 11.8 Å². The number of hydrogen-bond acceptors (Lipinski definition) is 4. The molecule has 1 fully saturated rings. The van der Waals surface area contributed by atoms with Crippen molar-refractivity contribution in [2.45, 2.75) is 19.3 Å². The first-order valence-corrected chi connectivity index (χ1v) is 8.22. The highest BCUT2D eigenvalue weighted by atomic mass is 32.2.